The maximum atomic E-state index is 12.9. The molecule has 170 valence electrons. The minimum absolute atomic E-state index is 0.0606. The molecule has 32 heavy (non-hydrogen) atoms. The normalized spacial score (nSPS) is 19.2. The lowest BCUT2D eigenvalue weighted by Crippen LogP contribution is -2.49. The maximum absolute atomic E-state index is 12.9. The minimum Gasteiger partial charge on any atom is -0.489 e. The van der Waals surface area contributed by atoms with Gasteiger partial charge in [0.1, 0.15) is 11.9 Å². The highest BCUT2D eigenvalue weighted by Gasteiger charge is 2.24. The van der Waals surface area contributed by atoms with Crippen LogP contribution >= 0.6 is 11.6 Å². The van der Waals surface area contributed by atoms with Crippen LogP contribution in [0, 0.1) is 0 Å². The van der Waals surface area contributed by atoms with Crippen LogP contribution < -0.4 is 9.64 Å². The molecule has 2 heterocycles. The molecular formula is C25H30ClN3O3. The zero-order chi connectivity index (χ0) is 22.7. The number of anilines is 1. The molecule has 2 aromatic rings. The highest BCUT2D eigenvalue weighted by Crippen LogP contribution is 2.28. The van der Waals surface area contributed by atoms with Crippen LogP contribution in [0.2, 0.25) is 5.02 Å². The monoisotopic (exact) mass is 455 g/mol. The molecule has 1 unspecified atom stereocenters. The van der Waals surface area contributed by atoms with Crippen molar-refractivity contribution in [1.29, 1.82) is 0 Å². The molecule has 0 aromatic heterocycles. The number of carbonyl (C=O) groups excluding carboxylic acids is 2. The summed E-state index contributed by atoms with van der Waals surface area (Å²) in [5, 5.41) is 0.701. The quantitative estimate of drug-likeness (QED) is 0.641. The lowest BCUT2D eigenvalue weighted by Gasteiger charge is -2.36. The first kappa shape index (κ1) is 22.6. The highest BCUT2D eigenvalue weighted by atomic mass is 35.5. The van der Waals surface area contributed by atoms with Gasteiger partial charge in [0.2, 0.25) is 5.91 Å². The number of ether oxygens (including phenoxy) is 1. The zero-order valence-corrected chi connectivity index (χ0v) is 19.5. The Hall–Kier alpha value is -2.57. The van der Waals surface area contributed by atoms with Crippen LogP contribution in [-0.4, -0.2) is 66.9 Å². The van der Waals surface area contributed by atoms with Gasteiger partial charge in [0.25, 0.3) is 0 Å². The number of benzene rings is 2. The first-order chi connectivity index (χ1) is 15.4. The molecule has 6 nitrogen and oxygen atoms in total. The van der Waals surface area contributed by atoms with Crippen molar-refractivity contribution in [3.8, 4) is 5.75 Å². The second-order valence-corrected chi connectivity index (χ2v) is 9.07. The second kappa shape index (κ2) is 9.92. The average Bonchev–Trinajstić information content (AvgIpc) is 2.94. The first-order valence-electron chi connectivity index (χ1n) is 11.2. The van der Waals surface area contributed by atoms with E-state index in [0.29, 0.717) is 31.1 Å². The third-order valence-electron chi connectivity index (χ3n) is 6.17. The van der Waals surface area contributed by atoms with Gasteiger partial charge in [-0.2, -0.15) is 0 Å². The van der Waals surface area contributed by atoms with Crippen molar-refractivity contribution < 1.29 is 14.3 Å². The van der Waals surface area contributed by atoms with E-state index in [1.165, 1.54) is 0 Å². The van der Waals surface area contributed by atoms with E-state index < -0.39 is 0 Å². The molecule has 1 atom stereocenters. The van der Waals surface area contributed by atoms with Gasteiger partial charge < -0.3 is 14.5 Å². The van der Waals surface area contributed by atoms with Crippen LogP contribution in [0.25, 0.3) is 0 Å². The molecule has 7 heteroatoms. The number of amides is 1. The van der Waals surface area contributed by atoms with Crippen LogP contribution in [0.4, 0.5) is 5.69 Å². The molecule has 2 aliphatic rings. The number of fused-ring (bicyclic) bond motifs is 1. The molecule has 0 aliphatic carbocycles. The average molecular weight is 456 g/mol. The van der Waals surface area contributed by atoms with Crippen LogP contribution in [-0.2, 0) is 11.3 Å². The Bertz CT molecular complexity index is 971. The Morgan fingerprint density at radius 2 is 1.78 bits per heavy atom. The van der Waals surface area contributed by atoms with E-state index in [-0.39, 0.29) is 17.8 Å². The van der Waals surface area contributed by atoms with E-state index >= 15 is 0 Å². The van der Waals surface area contributed by atoms with Crippen LogP contribution in [0.1, 0.15) is 36.2 Å². The fourth-order valence-electron chi connectivity index (χ4n) is 4.41. The molecule has 0 N–H and O–H groups in total. The Morgan fingerprint density at radius 1 is 1.06 bits per heavy atom. The summed E-state index contributed by atoms with van der Waals surface area (Å²) >= 11 is 6.17. The highest BCUT2D eigenvalue weighted by molar-refractivity contribution is 6.30. The van der Waals surface area contributed by atoms with Crippen molar-refractivity contribution in [3.05, 3.63) is 58.6 Å². The third-order valence-corrected chi connectivity index (χ3v) is 6.41. The van der Waals surface area contributed by atoms with Gasteiger partial charge in [-0.05, 0) is 56.3 Å². The van der Waals surface area contributed by atoms with Crippen LogP contribution in [0.15, 0.2) is 42.5 Å². The predicted molar refractivity (Wildman–Crippen MR) is 127 cm³/mol. The van der Waals surface area contributed by atoms with Gasteiger partial charge in [-0.3, -0.25) is 14.5 Å². The number of nitrogens with zero attached hydrogens (tertiary/aromatic N) is 3. The Kier molecular flexibility index (Phi) is 7.01. The fraction of sp³-hybridized carbons (Fsp3) is 0.440. The van der Waals surface area contributed by atoms with Gasteiger partial charge in [0, 0.05) is 74.1 Å². The van der Waals surface area contributed by atoms with Crippen molar-refractivity contribution in [2.24, 2.45) is 0 Å². The molecule has 1 amide bonds. The summed E-state index contributed by atoms with van der Waals surface area (Å²) in [6.45, 7) is 8.87. The van der Waals surface area contributed by atoms with Crippen LogP contribution in [0.3, 0.4) is 0 Å². The number of ketones is 1. The van der Waals surface area contributed by atoms with Gasteiger partial charge in [0.15, 0.2) is 5.78 Å². The Balaban J connectivity index is 1.28. The number of hydrogen-bond donors (Lipinski definition) is 0. The fourth-order valence-corrected chi connectivity index (χ4v) is 4.61. The molecule has 1 fully saturated rings. The van der Waals surface area contributed by atoms with E-state index in [4.69, 9.17) is 16.3 Å². The second-order valence-electron chi connectivity index (χ2n) is 8.64. The van der Waals surface area contributed by atoms with Crippen molar-refractivity contribution in [1.82, 2.24) is 9.80 Å². The smallest absolute Gasteiger partial charge is 0.223 e. The Labute approximate surface area is 194 Å². The molecule has 4 rings (SSSR count). The molecule has 0 saturated carbocycles. The summed E-state index contributed by atoms with van der Waals surface area (Å²) in [6.07, 6.45) is 0.557. The first-order valence-corrected chi connectivity index (χ1v) is 11.6. The summed E-state index contributed by atoms with van der Waals surface area (Å²) in [7, 11) is 0. The standard InChI is InChI=1S/C25H30ClN3O3/c1-18-16-27(17-21-15-22(26)5-8-24(21)32-18)10-9-25(31)29-13-11-28(12-14-29)23-6-3-20(4-7-23)19(2)30/h3-8,15,18H,9-14,16-17H2,1-2H3. The van der Waals surface area contributed by atoms with E-state index in [9.17, 15) is 9.59 Å². The Morgan fingerprint density at radius 3 is 2.47 bits per heavy atom. The predicted octanol–water partition coefficient (Wildman–Crippen LogP) is 3.86. The SMILES string of the molecule is CC(=O)c1ccc(N2CCN(C(=O)CCN3Cc4cc(Cl)ccc4OC(C)C3)CC2)cc1. The largest absolute Gasteiger partial charge is 0.489 e. The minimum atomic E-state index is 0.0606. The topological polar surface area (TPSA) is 53.1 Å². The summed E-state index contributed by atoms with van der Waals surface area (Å²) in [4.78, 5) is 30.8. The molecule has 2 aliphatic heterocycles. The van der Waals surface area contributed by atoms with Crippen molar-refractivity contribution >= 4 is 29.0 Å². The number of piperazine rings is 1. The third kappa shape index (κ3) is 5.43. The van der Waals surface area contributed by atoms with Gasteiger partial charge >= 0.3 is 0 Å². The van der Waals surface area contributed by atoms with Crippen molar-refractivity contribution in [2.45, 2.75) is 32.9 Å². The lowest BCUT2D eigenvalue weighted by atomic mass is 10.1. The molecule has 0 radical (unpaired) electrons. The molecular weight excluding hydrogens is 426 g/mol. The van der Waals surface area contributed by atoms with Gasteiger partial charge in [0.05, 0.1) is 0 Å². The summed E-state index contributed by atoms with van der Waals surface area (Å²) in [5.41, 5.74) is 2.89. The van der Waals surface area contributed by atoms with Crippen molar-refractivity contribution in [2.75, 3.05) is 44.2 Å². The van der Waals surface area contributed by atoms with Gasteiger partial charge in [-0.25, -0.2) is 0 Å². The van der Waals surface area contributed by atoms with Gasteiger partial charge in [-0.1, -0.05) is 11.6 Å². The lowest BCUT2D eigenvalue weighted by molar-refractivity contribution is -0.131. The molecule has 1 saturated heterocycles. The molecule has 2 aromatic carbocycles. The van der Waals surface area contributed by atoms with Gasteiger partial charge in [-0.15, -0.1) is 0 Å². The number of hydrogen-bond acceptors (Lipinski definition) is 5. The summed E-state index contributed by atoms with van der Waals surface area (Å²) < 4.78 is 6.02. The molecule has 0 bridgehead atoms. The van der Waals surface area contributed by atoms with E-state index in [1.807, 2.05) is 47.4 Å². The number of halogens is 1. The van der Waals surface area contributed by atoms with Crippen molar-refractivity contribution in [3.63, 3.8) is 0 Å². The maximum Gasteiger partial charge on any atom is 0.223 e. The summed E-state index contributed by atoms with van der Waals surface area (Å²) in [6, 6.07) is 13.4. The molecule has 0 spiro atoms. The van der Waals surface area contributed by atoms with E-state index in [2.05, 4.69) is 16.7 Å². The van der Waals surface area contributed by atoms with E-state index in [0.717, 1.165) is 48.7 Å². The van der Waals surface area contributed by atoms with Crippen LogP contribution in [0.5, 0.6) is 5.75 Å². The number of rotatable bonds is 5. The number of carbonyl (C=O) groups is 2. The van der Waals surface area contributed by atoms with E-state index in [1.54, 1.807) is 6.92 Å². The number of Topliss-reactive ketones (excluding diaryl/α,β-unsaturated/α-hetero) is 1. The summed E-state index contributed by atoms with van der Waals surface area (Å²) in [5.74, 6) is 1.15. The zero-order valence-electron chi connectivity index (χ0n) is 18.7.